The number of halogens is 1. The van der Waals surface area contributed by atoms with Gasteiger partial charge in [-0.1, -0.05) is 12.8 Å². The van der Waals surface area contributed by atoms with Gasteiger partial charge in [-0.15, -0.1) is 12.4 Å². The third kappa shape index (κ3) is 3.61. The quantitative estimate of drug-likeness (QED) is 0.755. The molecule has 0 aromatic heterocycles. The van der Waals surface area contributed by atoms with Gasteiger partial charge in [0.25, 0.3) is 0 Å². The van der Waals surface area contributed by atoms with E-state index in [9.17, 15) is 4.79 Å². The number of carbonyl (C=O) groups is 1. The molecule has 4 nitrogen and oxygen atoms in total. The summed E-state index contributed by atoms with van der Waals surface area (Å²) in [4.78, 5) is 13.8. The largest absolute Gasteiger partial charge is 0.352 e. The molecule has 1 saturated carbocycles. The standard InChI is InChI=1S/C11H21N3O.ClH/c1-14(10-6-12-7-10)8-11(15)13-9-4-2-3-5-9;/h9-10,12H,2-8H2,1H3,(H,13,15);1H. The Morgan fingerprint density at radius 1 is 1.38 bits per heavy atom. The molecule has 16 heavy (non-hydrogen) atoms. The maximum absolute atomic E-state index is 11.7. The van der Waals surface area contributed by atoms with E-state index in [4.69, 9.17) is 0 Å². The lowest BCUT2D eigenvalue weighted by atomic mass is 10.1. The van der Waals surface area contributed by atoms with Crippen LogP contribution in [0.1, 0.15) is 25.7 Å². The maximum atomic E-state index is 11.7. The number of rotatable bonds is 4. The highest BCUT2D eigenvalue weighted by Gasteiger charge is 2.24. The van der Waals surface area contributed by atoms with Crippen LogP contribution >= 0.6 is 12.4 Å². The van der Waals surface area contributed by atoms with Gasteiger partial charge in [-0.25, -0.2) is 0 Å². The Hall–Kier alpha value is -0.320. The van der Waals surface area contributed by atoms with Gasteiger partial charge in [0, 0.05) is 25.2 Å². The van der Waals surface area contributed by atoms with E-state index in [1.165, 1.54) is 25.7 Å². The first-order valence-corrected chi connectivity index (χ1v) is 5.96. The van der Waals surface area contributed by atoms with E-state index in [0.29, 0.717) is 18.6 Å². The Labute approximate surface area is 104 Å². The Balaban J connectivity index is 0.00000128. The third-order valence-electron chi connectivity index (χ3n) is 3.50. The molecule has 0 atom stereocenters. The van der Waals surface area contributed by atoms with E-state index in [2.05, 4.69) is 15.5 Å². The first-order chi connectivity index (χ1) is 7.25. The van der Waals surface area contributed by atoms with Crippen molar-refractivity contribution in [3.8, 4) is 0 Å². The van der Waals surface area contributed by atoms with E-state index < -0.39 is 0 Å². The lowest BCUT2D eigenvalue weighted by molar-refractivity contribution is -0.123. The van der Waals surface area contributed by atoms with Gasteiger partial charge >= 0.3 is 0 Å². The molecule has 94 valence electrons. The summed E-state index contributed by atoms with van der Waals surface area (Å²) in [5.41, 5.74) is 0. The van der Waals surface area contributed by atoms with Gasteiger partial charge in [-0.3, -0.25) is 9.69 Å². The van der Waals surface area contributed by atoms with Gasteiger partial charge in [-0.2, -0.15) is 0 Å². The highest BCUT2D eigenvalue weighted by atomic mass is 35.5. The molecule has 2 rings (SSSR count). The average Bonchev–Trinajstić information content (AvgIpc) is 2.52. The Morgan fingerprint density at radius 2 is 2.00 bits per heavy atom. The van der Waals surface area contributed by atoms with Crippen molar-refractivity contribution < 1.29 is 4.79 Å². The van der Waals surface area contributed by atoms with E-state index in [0.717, 1.165) is 13.1 Å². The predicted octanol–water partition coefficient (Wildman–Crippen LogP) is 0.371. The van der Waals surface area contributed by atoms with Crippen LogP contribution in [0.4, 0.5) is 0 Å². The average molecular weight is 248 g/mol. The van der Waals surface area contributed by atoms with E-state index in [-0.39, 0.29) is 18.3 Å². The van der Waals surface area contributed by atoms with Crippen molar-refractivity contribution in [2.24, 2.45) is 0 Å². The summed E-state index contributed by atoms with van der Waals surface area (Å²) in [6.07, 6.45) is 4.88. The van der Waals surface area contributed by atoms with Crippen LogP contribution in [-0.4, -0.2) is 49.6 Å². The fraction of sp³-hybridized carbons (Fsp3) is 0.909. The van der Waals surface area contributed by atoms with Gasteiger partial charge in [0.2, 0.25) is 5.91 Å². The van der Waals surface area contributed by atoms with Crippen LogP contribution in [0.25, 0.3) is 0 Å². The maximum Gasteiger partial charge on any atom is 0.234 e. The summed E-state index contributed by atoms with van der Waals surface area (Å²) in [5.74, 6) is 0.191. The van der Waals surface area contributed by atoms with Crippen molar-refractivity contribution in [1.82, 2.24) is 15.5 Å². The highest BCUT2D eigenvalue weighted by molar-refractivity contribution is 5.85. The van der Waals surface area contributed by atoms with Gasteiger partial charge in [0.05, 0.1) is 6.54 Å². The summed E-state index contributed by atoms with van der Waals surface area (Å²) in [6, 6.07) is 1.00. The van der Waals surface area contributed by atoms with Crippen LogP contribution in [0.3, 0.4) is 0 Å². The summed E-state index contributed by atoms with van der Waals surface area (Å²) >= 11 is 0. The second-order valence-electron chi connectivity index (χ2n) is 4.78. The zero-order valence-corrected chi connectivity index (χ0v) is 10.7. The summed E-state index contributed by atoms with van der Waals surface area (Å²) in [6.45, 7) is 2.59. The predicted molar refractivity (Wildman–Crippen MR) is 66.9 cm³/mol. The van der Waals surface area contributed by atoms with Crippen LogP contribution < -0.4 is 10.6 Å². The SMILES string of the molecule is CN(CC(=O)NC1CCCC1)C1CNC1.Cl. The van der Waals surface area contributed by atoms with E-state index in [1.807, 2.05) is 7.05 Å². The van der Waals surface area contributed by atoms with Crippen LogP contribution in [0.15, 0.2) is 0 Å². The van der Waals surface area contributed by atoms with Crippen LogP contribution in [-0.2, 0) is 4.79 Å². The second-order valence-corrected chi connectivity index (χ2v) is 4.78. The number of amides is 1. The smallest absolute Gasteiger partial charge is 0.234 e. The molecular weight excluding hydrogens is 226 g/mol. The van der Waals surface area contributed by atoms with Gasteiger partial charge in [0.15, 0.2) is 0 Å². The minimum absolute atomic E-state index is 0. The minimum atomic E-state index is 0. The molecule has 2 N–H and O–H groups in total. The molecule has 5 heteroatoms. The Morgan fingerprint density at radius 3 is 2.50 bits per heavy atom. The molecule has 0 unspecified atom stereocenters. The van der Waals surface area contributed by atoms with Crippen molar-refractivity contribution in [1.29, 1.82) is 0 Å². The number of nitrogens with zero attached hydrogens (tertiary/aromatic N) is 1. The van der Waals surface area contributed by atoms with Crippen LogP contribution in [0, 0.1) is 0 Å². The van der Waals surface area contributed by atoms with Crippen molar-refractivity contribution in [2.75, 3.05) is 26.7 Å². The zero-order valence-electron chi connectivity index (χ0n) is 9.87. The van der Waals surface area contributed by atoms with Crippen molar-refractivity contribution in [3.05, 3.63) is 0 Å². The topological polar surface area (TPSA) is 44.4 Å². The fourth-order valence-corrected chi connectivity index (χ4v) is 2.28. The molecule has 0 aromatic carbocycles. The van der Waals surface area contributed by atoms with Gasteiger partial charge in [0.1, 0.15) is 0 Å². The fourth-order valence-electron chi connectivity index (χ4n) is 2.28. The molecule has 0 bridgehead atoms. The number of hydrogen-bond donors (Lipinski definition) is 2. The third-order valence-corrected chi connectivity index (χ3v) is 3.50. The number of nitrogens with one attached hydrogen (secondary N) is 2. The van der Waals surface area contributed by atoms with E-state index in [1.54, 1.807) is 0 Å². The summed E-state index contributed by atoms with van der Waals surface area (Å²) < 4.78 is 0. The normalized spacial score (nSPS) is 21.6. The Bertz CT molecular complexity index is 227. The lowest BCUT2D eigenvalue weighted by Crippen LogP contribution is -2.57. The molecule has 1 aliphatic heterocycles. The van der Waals surface area contributed by atoms with Crippen molar-refractivity contribution >= 4 is 18.3 Å². The number of hydrogen-bond acceptors (Lipinski definition) is 3. The number of likely N-dealkylation sites (N-methyl/N-ethyl adjacent to an activating group) is 1. The van der Waals surface area contributed by atoms with E-state index >= 15 is 0 Å². The molecule has 1 amide bonds. The van der Waals surface area contributed by atoms with Gasteiger partial charge in [-0.05, 0) is 19.9 Å². The molecule has 1 heterocycles. The second kappa shape index (κ2) is 6.42. The van der Waals surface area contributed by atoms with Crippen LogP contribution in [0.5, 0.6) is 0 Å². The molecule has 1 aliphatic carbocycles. The first-order valence-electron chi connectivity index (χ1n) is 5.96. The highest BCUT2D eigenvalue weighted by Crippen LogP contribution is 2.17. The van der Waals surface area contributed by atoms with Crippen LogP contribution in [0.2, 0.25) is 0 Å². The monoisotopic (exact) mass is 247 g/mol. The molecule has 1 saturated heterocycles. The molecule has 2 aliphatic rings. The Kier molecular flexibility index (Phi) is 5.52. The summed E-state index contributed by atoms with van der Waals surface area (Å²) in [7, 11) is 2.03. The summed E-state index contributed by atoms with van der Waals surface area (Å²) in [5, 5.41) is 6.33. The molecule has 2 fully saturated rings. The first kappa shape index (κ1) is 13.7. The van der Waals surface area contributed by atoms with Gasteiger partial charge < -0.3 is 10.6 Å². The van der Waals surface area contributed by atoms with Crippen molar-refractivity contribution in [3.63, 3.8) is 0 Å². The minimum Gasteiger partial charge on any atom is -0.352 e. The molecule has 0 aromatic rings. The number of carbonyl (C=O) groups excluding carboxylic acids is 1. The molecule has 0 spiro atoms. The molecule has 0 radical (unpaired) electrons. The van der Waals surface area contributed by atoms with Crippen molar-refractivity contribution in [2.45, 2.75) is 37.8 Å². The lowest BCUT2D eigenvalue weighted by Gasteiger charge is -2.35. The molecular formula is C11H22ClN3O. The zero-order chi connectivity index (χ0) is 10.7.